The molecule has 1 aliphatic rings. The molecule has 2 atom stereocenters. The van der Waals surface area contributed by atoms with E-state index in [1.54, 1.807) is 13.8 Å². The minimum Gasteiger partial charge on any atom is -0.463 e. The first kappa shape index (κ1) is 23.0. The normalized spacial score (nSPS) is 22.2. The Morgan fingerprint density at radius 2 is 2.12 bits per heavy atom. The molecule has 3 N–H and O–H groups in total. The zero-order chi connectivity index (χ0) is 23.5. The van der Waals surface area contributed by atoms with Crippen molar-refractivity contribution in [3.05, 3.63) is 47.4 Å². The second-order valence-corrected chi connectivity index (χ2v) is 8.88. The largest absolute Gasteiger partial charge is 0.463 e. The fraction of sp³-hybridized carbons (Fsp3) is 0.286. The van der Waals surface area contributed by atoms with Crippen LogP contribution >= 0.6 is 11.8 Å². The van der Waals surface area contributed by atoms with E-state index in [1.807, 2.05) is 0 Å². The van der Waals surface area contributed by atoms with Gasteiger partial charge in [0.2, 0.25) is 5.88 Å². The number of aliphatic imine (C=N–C) groups is 1. The van der Waals surface area contributed by atoms with Gasteiger partial charge in [0.25, 0.3) is 5.91 Å². The Labute approximate surface area is 187 Å². The van der Waals surface area contributed by atoms with Crippen LogP contribution in [0.25, 0.3) is 0 Å². The number of aromatic nitrogens is 2. The maximum atomic E-state index is 14.8. The predicted octanol–water partition coefficient (Wildman–Crippen LogP) is 2.97. The lowest BCUT2D eigenvalue weighted by molar-refractivity contribution is 0.102. The van der Waals surface area contributed by atoms with E-state index in [9.17, 15) is 18.8 Å². The number of rotatable bonds is 5. The van der Waals surface area contributed by atoms with Gasteiger partial charge in [-0.2, -0.15) is 5.26 Å². The van der Waals surface area contributed by atoms with E-state index in [-0.39, 0.29) is 41.0 Å². The van der Waals surface area contributed by atoms with E-state index in [0.29, 0.717) is 0 Å². The van der Waals surface area contributed by atoms with Gasteiger partial charge in [0.05, 0.1) is 24.0 Å². The highest BCUT2D eigenvalue weighted by atomic mass is 32.2. The number of terminal acetylenes is 1. The maximum Gasteiger partial charge on any atom is 0.275 e. The summed E-state index contributed by atoms with van der Waals surface area (Å²) in [6, 6.07) is 4.24. The second kappa shape index (κ2) is 8.81. The fourth-order valence-corrected chi connectivity index (χ4v) is 4.43. The van der Waals surface area contributed by atoms with Gasteiger partial charge < -0.3 is 15.8 Å². The number of hydrogen-bond donors (Lipinski definition) is 2. The third-order valence-corrected chi connectivity index (χ3v) is 5.62. The standard InChI is InChI=1S/C21H18F2N6O2S/c1-4-5-31-16-9-26-15(8-27-16)18(30)28-12-6-13(17(23)14(22)7-12)21(3)10-20(2,11-24)32-19(25)29-21/h1,6-9H,5,10H2,2-3H3,(H2,25,29)(H,28,30)/t20-,21+/m1/s1. The molecule has 0 radical (unpaired) electrons. The molecule has 1 aromatic carbocycles. The van der Waals surface area contributed by atoms with Crippen LogP contribution in [0.1, 0.15) is 36.3 Å². The average Bonchev–Trinajstić information content (AvgIpc) is 2.74. The van der Waals surface area contributed by atoms with Gasteiger partial charge in [0.15, 0.2) is 23.4 Å². The zero-order valence-electron chi connectivity index (χ0n) is 17.1. The van der Waals surface area contributed by atoms with Gasteiger partial charge in [0, 0.05) is 23.7 Å². The van der Waals surface area contributed by atoms with Crippen molar-refractivity contribution in [2.24, 2.45) is 10.7 Å². The third-order valence-electron chi connectivity index (χ3n) is 4.64. The van der Waals surface area contributed by atoms with Gasteiger partial charge in [-0.1, -0.05) is 17.7 Å². The Hall–Kier alpha value is -3.70. The van der Waals surface area contributed by atoms with Crippen molar-refractivity contribution in [1.82, 2.24) is 9.97 Å². The Morgan fingerprint density at radius 3 is 2.75 bits per heavy atom. The highest BCUT2D eigenvalue weighted by Crippen LogP contribution is 2.46. The molecular formula is C21H18F2N6O2S. The molecule has 0 saturated carbocycles. The molecule has 0 spiro atoms. The highest BCUT2D eigenvalue weighted by Gasteiger charge is 2.44. The minimum absolute atomic E-state index is 0.00697. The molecule has 0 unspecified atom stereocenters. The number of nitrogens with two attached hydrogens (primary N) is 1. The molecule has 11 heteroatoms. The Kier molecular flexibility index (Phi) is 6.32. The highest BCUT2D eigenvalue weighted by molar-refractivity contribution is 8.15. The number of amidine groups is 1. The molecule has 3 rings (SSSR count). The predicted molar refractivity (Wildman–Crippen MR) is 116 cm³/mol. The number of nitrogens with one attached hydrogen (secondary N) is 1. The van der Waals surface area contributed by atoms with Gasteiger partial charge in [-0.3, -0.25) is 9.79 Å². The number of anilines is 1. The quantitative estimate of drug-likeness (QED) is 0.663. The van der Waals surface area contributed by atoms with Crippen molar-refractivity contribution in [1.29, 1.82) is 5.26 Å². The number of hydrogen-bond acceptors (Lipinski definition) is 8. The first-order valence-electron chi connectivity index (χ1n) is 9.24. The average molecular weight is 456 g/mol. The molecule has 2 heterocycles. The molecular weight excluding hydrogens is 438 g/mol. The van der Waals surface area contributed by atoms with Crippen molar-refractivity contribution >= 4 is 28.5 Å². The Bertz CT molecular complexity index is 1170. The summed E-state index contributed by atoms with van der Waals surface area (Å²) in [5.74, 6) is -0.619. The minimum atomic E-state index is -1.32. The summed E-state index contributed by atoms with van der Waals surface area (Å²) in [5.41, 5.74) is 4.31. The number of amides is 1. The number of thioether (sulfide) groups is 1. The summed E-state index contributed by atoms with van der Waals surface area (Å²) in [6.45, 7) is 3.19. The van der Waals surface area contributed by atoms with Crippen LogP contribution in [0.4, 0.5) is 14.5 Å². The van der Waals surface area contributed by atoms with Crippen LogP contribution in [0.5, 0.6) is 5.88 Å². The van der Waals surface area contributed by atoms with Crippen molar-refractivity contribution < 1.29 is 18.3 Å². The topological polar surface area (TPSA) is 126 Å². The zero-order valence-corrected chi connectivity index (χ0v) is 18.0. The van der Waals surface area contributed by atoms with Crippen molar-refractivity contribution in [2.45, 2.75) is 30.6 Å². The molecule has 0 aliphatic carbocycles. The molecule has 1 aromatic heterocycles. The summed E-state index contributed by atoms with van der Waals surface area (Å²) >= 11 is 1.06. The number of carbonyl (C=O) groups is 1. The Morgan fingerprint density at radius 1 is 1.38 bits per heavy atom. The van der Waals surface area contributed by atoms with Gasteiger partial charge >= 0.3 is 0 Å². The third kappa shape index (κ3) is 4.79. The monoisotopic (exact) mass is 456 g/mol. The number of nitrogens with zero attached hydrogens (tertiary/aromatic N) is 4. The lowest BCUT2D eigenvalue weighted by atomic mass is 9.83. The molecule has 32 heavy (non-hydrogen) atoms. The SMILES string of the molecule is C#CCOc1cnc(C(=O)Nc2cc(F)c(F)c([C@]3(C)C[C@](C)(C#N)SC(N)=N3)c2)cn1. The second-order valence-electron chi connectivity index (χ2n) is 7.35. The number of nitriles is 1. The number of carbonyl (C=O) groups excluding carboxylic acids is 1. The van der Waals surface area contributed by atoms with Crippen LogP contribution in [0, 0.1) is 35.3 Å². The summed E-state index contributed by atoms with van der Waals surface area (Å²) in [5, 5.41) is 12.0. The van der Waals surface area contributed by atoms with Crippen molar-refractivity contribution in [2.75, 3.05) is 11.9 Å². The van der Waals surface area contributed by atoms with Crippen LogP contribution in [-0.2, 0) is 5.54 Å². The fourth-order valence-electron chi connectivity index (χ4n) is 3.32. The number of benzene rings is 1. The van der Waals surface area contributed by atoms with E-state index >= 15 is 0 Å². The number of ether oxygens (including phenoxy) is 1. The molecule has 0 bridgehead atoms. The van der Waals surface area contributed by atoms with Gasteiger partial charge in [-0.15, -0.1) is 6.42 Å². The molecule has 0 fully saturated rings. The van der Waals surface area contributed by atoms with Crippen LogP contribution in [0.3, 0.4) is 0 Å². The first-order chi connectivity index (χ1) is 15.1. The van der Waals surface area contributed by atoms with Gasteiger partial charge in [-0.25, -0.2) is 18.7 Å². The van der Waals surface area contributed by atoms with Crippen molar-refractivity contribution in [3.63, 3.8) is 0 Å². The van der Waals surface area contributed by atoms with E-state index in [2.05, 4.69) is 32.3 Å². The van der Waals surface area contributed by atoms with Crippen LogP contribution < -0.4 is 15.8 Å². The smallest absolute Gasteiger partial charge is 0.275 e. The summed E-state index contributed by atoms with van der Waals surface area (Å²) in [4.78, 5) is 24.6. The molecule has 0 saturated heterocycles. The molecule has 1 aliphatic heterocycles. The van der Waals surface area contributed by atoms with Crippen LogP contribution in [0.15, 0.2) is 29.5 Å². The molecule has 1 amide bonds. The van der Waals surface area contributed by atoms with E-state index in [4.69, 9.17) is 16.9 Å². The summed E-state index contributed by atoms with van der Waals surface area (Å²) in [6.07, 6.45) is 7.55. The van der Waals surface area contributed by atoms with Crippen LogP contribution in [0.2, 0.25) is 0 Å². The molecule has 164 valence electrons. The maximum absolute atomic E-state index is 14.8. The number of halogens is 2. The molecule has 2 aromatic rings. The molecule has 8 nitrogen and oxygen atoms in total. The summed E-state index contributed by atoms with van der Waals surface area (Å²) in [7, 11) is 0. The van der Waals surface area contributed by atoms with E-state index in [1.165, 1.54) is 12.3 Å². The summed E-state index contributed by atoms with van der Waals surface area (Å²) < 4.78 is 33.3. The van der Waals surface area contributed by atoms with Gasteiger partial charge in [-0.05, 0) is 19.9 Å². The van der Waals surface area contributed by atoms with E-state index in [0.717, 1.165) is 24.0 Å². The lowest BCUT2D eigenvalue weighted by Gasteiger charge is -2.37. The van der Waals surface area contributed by atoms with Crippen LogP contribution in [-0.4, -0.2) is 32.4 Å². The Balaban J connectivity index is 1.90. The first-order valence-corrected chi connectivity index (χ1v) is 10.1. The van der Waals surface area contributed by atoms with E-state index < -0.39 is 27.8 Å². The van der Waals surface area contributed by atoms with Crippen molar-refractivity contribution in [3.8, 4) is 24.3 Å². The van der Waals surface area contributed by atoms with Gasteiger partial charge in [0.1, 0.15) is 10.4 Å². The lowest BCUT2D eigenvalue weighted by Crippen LogP contribution is -2.40.